The van der Waals surface area contributed by atoms with Crippen LogP contribution in [0.15, 0.2) is 18.5 Å². The third-order valence-corrected chi connectivity index (χ3v) is 3.45. The Labute approximate surface area is 120 Å². The minimum atomic E-state index is 0.0276. The number of rotatable bonds is 4. The number of hydrogen-bond donors (Lipinski definition) is 2. The van der Waals surface area contributed by atoms with Gasteiger partial charge in [0.15, 0.2) is 5.82 Å². The van der Waals surface area contributed by atoms with E-state index in [0.29, 0.717) is 6.54 Å². The minimum absolute atomic E-state index is 0.0276. The highest BCUT2D eigenvalue weighted by Crippen LogP contribution is 2.25. The predicted octanol–water partition coefficient (Wildman–Crippen LogP) is 2.42. The van der Waals surface area contributed by atoms with Crippen LogP contribution in [0.4, 0.5) is 5.82 Å². The van der Waals surface area contributed by atoms with E-state index < -0.39 is 0 Å². The van der Waals surface area contributed by atoms with E-state index in [2.05, 4.69) is 56.1 Å². The third kappa shape index (κ3) is 3.10. The van der Waals surface area contributed by atoms with Crippen LogP contribution in [0, 0.1) is 5.41 Å². The Balaban J connectivity index is 2.32. The summed E-state index contributed by atoms with van der Waals surface area (Å²) >= 11 is 0. The minimum Gasteiger partial charge on any atom is -0.368 e. The van der Waals surface area contributed by atoms with Crippen molar-refractivity contribution in [1.29, 1.82) is 0 Å². The van der Waals surface area contributed by atoms with E-state index in [0.717, 1.165) is 23.6 Å². The smallest absolute Gasteiger partial charge is 0.152 e. The van der Waals surface area contributed by atoms with Gasteiger partial charge in [-0.25, -0.2) is 9.50 Å². The number of anilines is 1. The summed E-state index contributed by atoms with van der Waals surface area (Å²) in [6.07, 6.45) is 3.65. The van der Waals surface area contributed by atoms with Crippen molar-refractivity contribution in [3.05, 3.63) is 24.2 Å². The average Bonchev–Trinajstić information content (AvgIpc) is 2.80. The second-order valence-corrected chi connectivity index (χ2v) is 7.11. The molecule has 0 fully saturated rings. The standard InChI is InChI=1S/C15H25N5/c1-14(2,3)12-8-11-13(17-6-7-20(11)19-12)18-10-15(4,5)9-16/h6-8H,9-10,16H2,1-5H3,(H,17,18). The SMILES string of the molecule is CC(C)(CN)CNc1nccn2nc(C(C)(C)C)cc12. The van der Waals surface area contributed by atoms with Crippen LogP contribution < -0.4 is 11.1 Å². The molecule has 0 saturated carbocycles. The van der Waals surface area contributed by atoms with Gasteiger partial charge < -0.3 is 11.1 Å². The number of fused-ring (bicyclic) bond motifs is 1. The first-order chi connectivity index (χ1) is 9.23. The third-order valence-electron chi connectivity index (χ3n) is 3.45. The van der Waals surface area contributed by atoms with E-state index >= 15 is 0 Å². The summed E-state index contributed by atoms with van der Waals surface area (Å²) in [5.74, 6) is 0.858. The highest BCUT2D eigenvalue weighted by Gasteiger charge is 2.20. The van der Waals surface area contributed by atoms with E-state index in [4.69, 9.17) is 5.73 Å². The van der Waals surface area contributed by atoms with Crippen LogP contribution in [-0.2, 0) is 5.41 Å². The van der Waals surface area contributed by atoms with Crippen molar-refractivity contribution < 1.29 is 0 Å². The first-order valence-electron chi connectivity index (χ1n) is 7.02. The molecule has 0 atom stereocenters. The Hall–Kier alpha value is -1.62. The maximum Gasteiger partial charge on any atom is 0.152 e. The highest BCUT2D eigenvalue weighted by molar-refractivity contribution is 5.68. The zero-order chi connectivity index (χ0) is 15.0. The molecule has 2 heterocycles. The van der Waals surface area contributed by atoms with Gasteiger partial charge in [-0.3, -0.25) is 0 Å². The summed E-state index contributed by atoms with van der Waals surface area (Å²) in [5.41, 5.74) is 7.90. The molecular weight excluding hydrogens is 250 g/mol. The molecule has 3 N–H and O–H groups in total. The molecule has 2 aromatic heterocycles. The molecule has 2 aromatic rings. The molecule has 0 saturated heterocycles. The summed E-state index contributed by atoms with van der Waals surface area (Å²) in [6, 6.07) is 2.10. The Morgan fingerprint density at radius 1 is 1.25 bits per heavy atom. The van der Waals surface area contributed by atoms with Gasteiger partial charge >= 0.3 is 0 Å². The molecule has 0 aliphatic rings. The molecular formula is C15H25N5. The molecule has 0 aliphatic carbocycles. The van der Waals surface area contributed by atoms with Crippen molar-refractivity contribution in [2.45, 2.75) is 40.0 Å². The maximum atomic E-state index is 5.77. The highest BCUT2D eigenvalue weighted by atomic mass is 15.2. The van der Waals surface area contributed by atoms with Crippen LogP contribution in [-0.4, -0.2) is 27.7 Å². The number of nitrogens with one attached hydrogen (secondary N) is 1. The molecule has 110 valence electrons. The van der Waals surface area contributed by atoms with Crippen molar-refractivity contribution >= 4 is 11.3 Å². The van der Waals surface area contributed by atoms with Crippen molar-refractivity contribution in [2.75, 3.05) is 18.4 Å². The van der Waals surface area contributed by atoms with E-state index in [9.17, 15) is 0 Å². The molecule has 0 aliphatic heterocycles. The van der Waals surface area contributed by atoms with E-state index in [1.165, 1.54) is 0 Å². The number of aromatic nitrogens is 3. The Bertz CT molecular complexity index is 592. The Kier molecular flexibility index (Phi) is 3.73. The van der Waals surface area contributed by atoms with E-state index in [1.54, 1.807) is 6.20 Å². The molecule has 5 nitrogen and oxygen atoms in total. The fourth-order valence-electron chi connectivity index (χ4n) is 1.82. The fraction of sp³-hybridized carbons (Fsp3) is 0.600. The lowest BCUT2D eigenvalue weighted by Crippen LogP contribution is -2.31. The molecule has 0 aromatic carbocycles. The van der Waals surface area contributed by atoms with Gasteiger partial charge in [0.2, 0.25) is 0 Å². The van der Waals surface area contributed by atoms with Crippen molar-refractivity contribution in [2.24, 2.45) is 11.1 Å². The fourth-order valence-corrected chi connectivity index (χ4v) is 1.82. The first-order valence-corrected chi connectivity index (χ1v) is 7.02. The molecule has 0 unspecified atom stereocenters. The maximum absolute atomic E-state index is 5.77. The lowest BCUT2D eigenvalue weighted by Gasteiger charge is -2.23. The van der Waals surface area contributed by atoms with Crippen molar-refractivity contribution in [1.82, 2.24) is 14.6 Å². The zero-order valence-electron chi connectivity index (χ0n) is 13.1. The van der Waals surface area contributed by atoms with Gasteiger partial charge in [0.05, 0.1) is 5.69 Å². The number of nitrogens with two attached hydrogens (primary N) is 1. The Morgan fingerprint density at radius 3 is 2.55 bits per heavy atom. The van der Waals surface area contributed by atoms with Crippen LogP contribution in [0.3, 0.4) is 0 Å². The number of hydrogen-bond acceptors (Lipinski definition) is 4. The van der Waals surface area contributed by atoms with Crippen LogP contribution in [0.5, 0.6) is 0 Å². The number of nitrogens with zero attached hydrogens (tertiary/aromatic N) is 3. The van der Waals surface area contributed by atoms with Crippen LogP contribution in [0.1, 0.15) is 40.3 Å². The van der Waals surface area contributed by atoms with Gasteiger partial charge in [0, 0.05) is 24.4 Å². The quantitative estimate of drug-likeness (QED) is 0.899. The summed E-state index contributed by atoms with van der Waals surface area (Å²) in [7, 11) is 0. The molecule has 0 spiro atoms. The molecule has 20 heavy (non-hydrogen) atoms. The Morgan fingerprint density at radius 2 is 1.95 bits per heavy atom. The van der Waals surface area contributed by atoms with Gasteiger partial charge in [0.25, 0.3) is 0 Å². The normalized spacial score (nSPS) is 12.9. The molecule has 0 bridgehead atoms. The van der Waals surface area contributed by atoms with E-state index in [1.807, 2.05) is 10.7 Å². The van der Waals surface area contributed by atoms with Crippen molar-refractivity contribution in [3.8, 4) is 0 Å². The molecule has 0 radical (unpaired) electrons. The van der Waals surface area contributed by atoms with E-state index in [-0.39, 0.29) is 10.8 Å². The van der Waals surface area contributed by atoms with Gasteiger partial charge in [-0.2, -0.15) is 5.10 Å². The second-order valence-electron chi connectivity index (χ2n) is 7.11. The summed E-state index contributed by atoms with van der Waals surface area (Å²) in [4.78, 5) is 4.43. The first kappa shape index (κ1) is 14.8. The van der Waals surface area contributed by atoms with Crippen LogP contribution >= 0.6 is 0 Å². The van der Waals surface area contributed by atoms with Crippen LogP contribution in [0.25, 0.3) is 5.52 Å². The molecule has 5 heteroatoms. The van der Waals surface area contributed by atoms with Crippen molar-refractivity contribution in [3.63, 3.8) is 0 Å². The van der Waals surface area contributed by atoms with Gasteiger partial charge in [-0.15, -0.1) is 0 Å². The predicted molar refractivity (Wildman–Crippen MR) is 83.0 cm³/mol. The summed E-state index contributed by atoms with van der Waals surface area (Å²) < 4.78 is 1.88. The lowest BCUT2D eigenvalue weighted by atomic mass is 9.92. The molecule has 2 rings (SSSR count). The van der Waals surface area contributed by atoms with Gasteiger partial charge in [-0.05, 0) is 18.0 Å². The van der Waals surface area contributed by atoms with Crippen LogP contribution in [0.2, 0.25) is 0 Å². The molecule has 0 amide bonds. The van der Waals surface area contributed by atoms with Gasteiger partial charge in [0.1, 0.15) is 5.52 Å². The van der Waals surface area contributed by atoms with Gasteiger partial charge in [-0.1, -0.05) is 34.6 Å². The zero-order valence-corrected chi connectivity index (χ0v) is 13.1. The second kappa shape index (κ2) is 5.05. The largest absolute Gasteiger partial charge is 0.368 e. The summed E-state index contributed by atoms with van der Waals surface area (Å²) in [6.45, 7) is 12.2. The lowest BCUT2D eigenvalue weighted by molar-refractivity contribution is 0.405. The topological polar surface area (TPSA) is 68.2 Å². The summed E-state index contributed by atoms with van der Waals surface area (Å²) in [5, 5.41) is 8.01. The average molecular weight is 275 g/mol. The monoisotopic (exact) mass is 275 g/mol.